The monoisotopic (exact) mass is 534 g/mol. The molecule has 0 fully saturated rings. The summed E-state index contributed by atoms with van der Waals surface area (Å²) in [4.78, 5) is 19.3. The molecule has 31 heavy (non-hydrogen) atoms. The van der Waals surface area contributed by atoms with Gasteiger partial charge in [-0.1, -0.05) is 36.4 Å². The number of hydrogen-bond acceptors (Lipinski definition) is 3. The number of rotatable bonds is 6. The lowest BCUT2D eigenvalue weighted by Gasteiger charge is -2.28. The fourth-order valence-corrected chi connectivity index (χ4v) is 4.13. The SMILES string of the molecule is CCNC(=NCCCC(=O)N1CCc2ccccc21)NC1CCOc2ccccc21.I. The summed E-state index contributed by atoms with van der Waals surface area (Å²) in [5.41, 5.74) is 3.50. The number of hydrogen-bond donors (Lipinski definition) is 2. The van der Waals surface area contributed by atoms with Crippen molar-refractivity contribution in [3.63, 3.8) is 0 Å². The Balaban J connectivity index is 0.00000272. The minimum absolute atomic E-state index is 0. The fraction of sp³-hybridized carbons (Fsp3) is 0.417. The number of aliphatic imine (C=N–C) groups is 1. The third kappa shape index (κ3) is 5.70. The number of fused-ring (bicyclic) bond motifs is 2. The van der Waals surface area contributed by atoms with Crippen molar-refractivity contribution in [2.75, 3.05) is 31.1 Å². The highest BCUT2D eigenvalue weighted by atomic mass is 127. The summed E-state index contributed by atoms with van der Waals surface area (Å²) in [5, 5.41) is 6.85. The van der Waals surface area contributed by atoms with Crippen LogP contribution in [0.25, 0.3) is 0 Å². The average molecular weight is 534 g/mol. The highest BCUT2D eigenvalue weighted by Crippen LogP contribution is 2.31. The van der Waals surface area contributed by atoms with Gasteiger partial charge < -0.3 is 20.3 Å². The Bertz CT molecular complexity index is 918. The first-order valence-corrected chi connectivity index (χ1v) is 10.9. The van der Waals surface area contributed by atoms with E-state index in [0.717, 1.165) is 55.3 Å². The van der Waals surface area contributed by atoms with Gasteiger partial charge in [-0.25, -0.2) is 0 Å². The molecule has 2 aliphatic heterocycles. The van der Waals surface area contributed by atoms with Crippen LogP contribution in [0, 0.1) is 0 Å². The van der Waals surface area contributed by atoms with E-state index in [2.05, 4.69) is 29.7 Å². The molecule has 1 amide bonds. The van der Waals surface area contributed by atoms with Gasteiger partial charge in [0.1, 0.15) is 5.75 Å². The van der Waals surface area contributed by atoms with Gasteiger partial charge in [0.2, 0.25) is 5.91 Å². The van der Waals surface area contributed by atoms with Gasteiger partial charge in [0.05, 0.1) is 12.6 Å². The van der Waals surface area contributed by atoms with E-state index in [4.69, 9.17) is 9.73 Å². The van der Waals surface area contributed by atoms with Crippen molar-refractivity contribution in [1.29, 1.82) is 0 Å². The topological polar surface area (TPSA) is 66.0 Å². The Kier molecular flexibility index (Phi) is 8.57. The second kappa shape index (κ2) is 11.4. The van der Waals surface area contributed by atoms with Gasteiger partial charge in [-0.05, 0) is 37.5 Å². The third-order valence-electron chi connectivity index (χ3n) is 5.62. The molecule has 4 rings (SSSR count). The van der Waals surface area contributed by atoms with Crippen LogP contribution in [0.4, 0.5) is 5.69 Å². The summed E-state index contributed by atoms with van der Waals surface area (Å²) in [5.74, 6) is 1.92. The molecule has 0 aliphatic carbocycles. The number of ether oxygens (including phenoxy) is 1. The Morgan fingerprint density at radius 2 is 2.00 bits per heavy atom. The van der Waals surface area contributed by atoms with E-state index in [9.17, 15) is 4.79 Å². The maximum Gasteiger partial charge on any atom is 0.227 e. The number of halogens is 1. The number of nitrogens with zero attached hydrogens (tertiary/aromatic N) is 2. The molecular weight excluding hydrogens is 503 g/mol. The van der Waals surface area contributed by atoms with E-state index < -0.39 is 0 Å². The van der Waals surface area contributed by atoms with Crippen molar-refractivity contribution in [3.8, 4) is 5.75 Å². The molecule has 1 unspecified atom stereocenters. The molecule has 2 N–H and O–H groups in total. The maximum absolute atomic E-state index is 12.7. The van der Waals surface area contributed by atoms with Gasteiger partial charge in [-0.15, -0.1) is 24.0 Å². The van der Waals surface area contributed by atoms with E-state index >= 15 is 0 Å². The van der Waals surface area contributed by atoms with Crippen LogP contribution in [-0.4, -0.2) is 38.1 Å². The highest BCUT2D eigenvalue weighted by Gasteiger charge is 2.24. The molecular formula is C24H31IN4O2. The zero-order valence-electron chi connectivity index (χ0n) is 18.0. The van der Waals surface area contributed by atoms with Gasteiger partial charge >= 0.3 is 0 Å². The van der Waals surface area contributed by atoms with E-state index in [-0.39, 0.29) is 35.9 Å². The maximum atomic E-state index is 12.7. The molecule has 166 valence electrons. The molecule has 2 heterocycles. The van der Waals surface area contributed by atoms with Crippen LogP contribution in [-0.2, 0) is 11.2 Å². The molecule has 0 saturated carbocycles. The van der Waals surface area contributed by atoms with Crippen LogP contribution in [0.3, 0.4) is 0 Å². The van der Waals surface area contributed by atoms with Crippen LogP contribution >= 0.6 is 24.0 Å². The largest absolute Gasteiger partial charge is 0.493 e. The first-order chi connectivity index (χ1) is 14.8. The van der Waals surface area contributed by atoms with E-state index in [1.165, 1.54) is 5.56 Å². The Morgan fingerprint density at radius 3 is 2.87 bits per heavy atom. The summed E-state index contributed by atoms with van der Waals surface area (Å²) in [6.45, 7) is 4.94. The number of carbonyl (C=O) groups is 1. The zero-order valence-corrected chi connectivity index (χ0v) is 20.3. The molecule has 0 aromatic heterocycles. The molecule has 0 radical (unpaired) electrons. The fourth-order valence-electron chi connectivity index (χ4n) is 4.13. The van der Waals surface area contributed by atoms with Crippen molar-refractivity contribution in [2.24, 2.45) is 4.99 Å². The minimum Gasteiger partial charge on any atom is -0.493 e. The first kappa shape index (κ1) is 23.4. The van der Waals surface area contributed by atoms with Crippen molar-refractivity contribution < 1.29 is 9.53 Å². The van der Waals surface area contributed by atoms with Crippen LogP contribution in [0.1, 0.15) is 43.4 Å². The predicted molar refractivity (Wildman–Crippen MR) is 136 cm³/mol. The highest BCUT2D eigenvalue weighted by molar-refractivity contribution is 14.0. The third-order valence-corrected chi connectivity index (χ3v) is 5.62. The summed E-state index contributed by atoms with van der Waals surface area (Å²) in [7, 11) is 0. The standard InChI is InChI=1S/C24H30N4O2.HI/c1-2-25-24(27-20-14-17-30-22-11-6-4-9-19(20)22)26-15-7-12-23(29)28-16-13-18-8-3-5-10-21(18)28;/h3-6,8-11,20H,2,7,12-17H2,1H3,(H2,25,26,27);1H. The lowest BCUT2D eigenvalue weighted by molar-refractivity contribution is -0.118. The van der Waals surface area contributed by atoms with E-state index in [1.807, 2.05) is 41.3 Å². The average Bonchev–Trinajstić information content (AvgIpc) is 3.21. The quantitative estimate of drug-likeness (QED) is 0.254. The van der Waals surface area contributed by atoms with Gasteiger partial charge in [-0.3, -0.25) is 9.79 Å². The lowest BCUT2D eigenvalue weighted by atomic mass is 10.0. The summed E-state index contributed by atoms with van der Waals surface area (Å²) in [6, 6.07) is 16.5. The molecule has 2 aliphatic rings. The molecule has 0 saturated heterocycles. The van der Waals surface area contributed by atoms with Crippen molar-refractivity contribution in [1.82, 2.24) is 10.6 Å². The van der Waals surface area contributed by atoms with Gasteiger partial charge in [0.15, 0.2) is 5.96 Å². The second-order valence-corrected chi connectivity index (χ2v) is 7.66. The van der Waals surface area contributed by atoms with Crippen LogP contribution in [0.2, 0.25) is 0 Å². The normalized spacial score (nSPS) is 17.1. The molecule has 6 nitrogen and oxygen atoms in total. The number of benzene rings is 2. The molecule has 0 spiro atoms. The summed E-state index contributed by atoms with van der Waals surface area (Å²) < 4.78 is 5.75. The number of para-hydroxylation sites is 2. The Morgan fingerprint density at radius 1 is 1.19 bits per heavy atom. The van der Waals surface area contributed by atoms with Crippen molar-refractivity contribution >= 4 is 41.5 Å². The lowest BCUT2D eigenvalue weighted by Crippen LogP contribution is -2.41. The predicted octanol–water partition coefficient (Wildman–Crippen LogP) is 4.05. The van der Waals surface area contributed by atoms with Gasteiger partial charge in [0.25, 0.3) is 0 Å². The van der Waals surface area contributed by atoms with Gasteiger partial charge in [-0.2, -0.15) is 0 Å². The smallest absolute Gasteiger partial charge is 0.227 e. The number of anilines is 1. The first-order valence-electron chi connectivity index (χ1n) is 10.9. The number of guanidine groups is 1. The molecule has 2 aromatic carbocycles. The second-order valence-electron chi connectivity index (χ2n) is 7.66. The van der Waals surface area contributed by atoms with E-state index in [0.29, 0.717) is 19.6 Å². The van der Waals surface area contributed by atoms with Crippen molar-refractivity contribution in [3.05, 3.63) is 59.7 Å². The number of nitrogens with one attached hydrogen (secondary N) is 2. The minimum atomic E-state index is 0. The van der Waals surface area contributed by atoms with Crippen LogP contribution in [0.5, 0.6) is 5.75 Å². The van der Waals surface area contributed by atoms with E-state index in [1.54, 1.807) is 0 Å². The molecule has 2 aromatic rings. The summed E-state index contributed by atoms with van der Waals surface area (Å²) >= 11 is 0. The van der Waals surface area contributed by atoms with Crippen LogP contribution in [0.15, 0.2) is 53.5 Å². The Hall–Kier alpha value is -2.29. The summed E-state index contributed by atoms with van der Waals surface area (Å²) in [6.07, 6.45) is 3.09. The number of amides is 1. The van der Waals surface area contributed by atoms with Crippen LogP contribution < -0.4 is 20.3 Å². The molecule has 1 atom stereocenters. The number of carbonyl (C=O) groups excluding carboxylic acids is 1. The van der Waals surface area contributed by atoms with Crippen molar-refractivity contribution in [2.45, 2.75) is 38.6 Å². The molecule has 0 bridgehead atoms. The zero-order chi connectivity index (χ0) is 20.8. The van der Waals surface area contributed by atoms with Gasteiger partial charge in [0, 0.05) is 43.7 Å². The Labute approximate surface area is 201 Å². The molecule has 7 heteroatoms.